The maximum Gasteiger partial charge on any atom is 0.341 e. The summed E-state index contributed by atoms with van der Waals surface area (Å²) < 4.78 is 48.6. The van der Waals surface area contributed by atoms with Crippen molar-refractivity contribution in [3.8, 4) is 0 Å². The molecule has 0 saturated heterocycles. The topological polar surface area (TPSA) is 46.2 Å². The van der Waals surface area contributed by atoms with Crippen LogP contribution in [0.15, 0.2) is 29.2 Å². The largest absolute Gasteiger partial charge is 0.384 e. The highest BCUT2D eigenvalue weighted by Crippen LogP contribution is 2.26. The van der Waals surface area contributed by atoms with E-state index in [2.05, 4.69) is 12.2 Å². The van der Waals surface area contributed by atoms with Gasteiger partial charge < -0.3 is 5.32 Å². The molecule has 0 aliphatic heterocycles. The van der Waals surface area contributed by atoms with Crippen LogP contribution in [-0.4, -0.2) is 26.6 Å². The first-order chi connectivity index (χ1) is 9.93. The summed E-state index contributed by atoms with van der Waals surface area (Å²) in [7, 11) is -4.60. The molecule has 0 spiro atoms. The maximum atomic E-state index is 12.7. The molecular formula is C14H20ClF2NO2S. The quantitative estimate of drug-likeness (QED) is 0.688. The van der Waals surface area contributed by atoms with Gasteiger partial charge in [-0.25, -0.2) is 8.42 Å². The first kappa shape index (κ1) is 18.2. The second kappa shape index (κ2) is 8.54. The summed E-state index contributed by atoms with van der Waals surface area (Å²) in [6.45, 7) is 2.56. The van der Waals surface area contributed by atoms with Crippen molar-refractivity contribution >= 4 is 27.1 Å². The zero-order valence-corrected chi connectivity index (χ0v) is 13.4. The van der Waals surface area contributed by atoms with Gasteiger partial charge in [-0.3, -0.25) is 0 Å². The molecule has 0 aliphatic rings. The fourth-order valence-electron chi connectivity index (χ4n) is 2.12. The second-order valence-electron chi connectivity index (χ2n) is 4.82. The van der Waals surface area contributed by atoms with Gasteiger partial charge in [-0.15, -0.1) is 11.6 Å². The van der Waals surface area contributed by atoms with Gasteiger partial charge in [0.15, 0.2) is 0 Å². The Labute approximate surface area is 129 Å². The van der Waals surface area contributed by atoms with Crippen molar-refractivity contribution in [1.29, 1.82) is 0 Å². The third kappa shape index (κ3) is 5.11. The minimum atomic E-state index is -4.60. The molecule has 0 heterocycles. The van der Waals surface area contributed by atoms with Gasteiger partial charge in [0.05, 0.1) is 10.6 Å². The average Bonchev–Trinajstić information content (AvgIpc) is 2.45. The van der Waals surface area contributed by atoms with Crippen molar-refractivity contribution in [3.63, 3.8) is 0 Å². The highest BCUT2D eigenvalue weighted by Gasteiger charge is 2.29. The monoisotopic (exact) mass is 339 g/mol. The maximum absolute atomic E-state index is 12.7. The SMILES string of the molecule is CCCC(CCCl)CNc1ccccc1S(=O)(=O)C(F)F. The molecule has 0 aliphatic carbocycles. The first-order valence-corrected chi connectivity index (χ1v) is 8.92. The van der Waals surface area contributed by atoms with E-state index in [4.69, 9.17) is 11.6 Å². The van der Waals surface area contributed by atoms with Crippen LogP contribution in [0.2, 0.25) is 0 Å². The summed E-state index contributed by atoms with van der Waals surface area (Å²) in [4.78, 5) is -0.360. The van der Waals surface area contributed by atoms with Crippen molar-refractivity contribution in [1.82, 2.24) is 0 Å². The Morgan fingerprint density at radius 2 is 1.90 bits per heavy atom. The minimum Gasteiger partial charge on any atom is -0.384 e. The zero-order chi connectivity index (χ0) is 15.9. The molecular weight excluding hydrogens is 320 g/mol. The van der Waals surface area contributed by atoms with E-state index in [1.807, 2.05) is 0 Å². The third-order valence-electron chi connectivity index (χ3n) is 3.22. The standard InChI is InChI=1S/C14H20ClF2NO2S/c1-2-5-11(8-9-15)10-18-12-6-3-4-7-13(12)21(19,20)14(16)17/h3-4,6-7,11,14,18H,2,5,8-10H2,1H3. The normalized spacial score (nSPS) is 13.4. The molecule has 1 aromatic carbocycles. The van der Waals surface area contributed by atoms with Gasteiger partial charge in [-0.1, -0.05) is 25.5 Å². The van der Waals surface area contributed by atoms with Gasteiger partial charge in [0.25, 0.3) is 0 Å². The van der Waals surface area contributed by atoms with E-state index in [0.717, 1.165) is 19.3 Å². The van der Waals surface area contributed by atoms with E-state index >= 15 is 0 Å². The molecule has 1 rings (SSSR count). The smallest absolute Gasteiger partial charge is 0.341 e. The molecule has 1 atom stereocenters. The number of nitrogens with one attached hydrogen (secondary N) is 1. The molecule has 0 amide bonds. The molecule has 1 aromatic rings. The fourth-order valence-corrected chi connectivity index (χ4v) is 3.34. The number of alkyl halides is 3. The lowest BCUT2D eigenvalue weighted by molar-refractivity contribution is 0.235. The van der Waals surface area contributed by atoms with Gasteiger partial charge in [-0.05, 0) is 30.9 Å². The van der Waals surface area contributed by atoms with Gasteiger partial charge >= 0.3 is 5.76 Å². The molecule has 0 bridgehead atoms. The summed E-state index contributed by atoms with van der Waals surface area (Å²) in [5.74, 6) is -2.62. The van der Waals surface area contributed by atoms with E-state index in [9.17, 15) is 17.2 Å². The highest BCUT2D eigenvalue weighted by atomic mass is 35.5. The molecule has 120 valence electrons. The number of halogens is 3. The van der Waals surface area contributed by atoms with Crippen LogP contribution in [0.1, 0.15) is 26.2 Å². The lowest BCUT2D eigenvalue weighted by Gasteiger charge is -2.18. The van der Waals surface area contributed by atoms with Crippen LogP contribution < -0.4 is 5.32 Å². The predicted octanol–water partition coefficient (Wildman–Crippen LogP) is 4.14. The molecule has 1 unspecified atom stereocenters. The Morgan fingerprint density at radius 3 is 2.48 bits per heavy atom. The molecule has 0 fully saturated rings. The van der Waals surface area contributed by atoms with Crippen LogP contribution in [0.25, 0.3) is 0 Å². The Balaban J connectivity index is 2.89. The summed E-state index contributed by atoms with van der Waals surface area (Å²) in [5.41, 5.74) is 0.216. The van der Waals surface area contributed by atoms with Crippen LogP contribution in [0.3, 0.4) is 0 Å². The summed E-state index contributed by atoms with van der Waals surface area (Å²) in [6, 6.07) is 5.74. The van der Waals surface area contributed by atoms with Crippen LogP contribution in [0.4, 0.5) is 14.5 Å². The minimum absolute atomic E-state index is 0.216. The van der Waals surface area contributed by atoms with E-state index in [0.29, 0.717) is 12.4 Å². The van der Waals surface area contributed by atoms with Crippen LogP contribution in [0.5, 0.6) is 0 Å². The van der Waals surface area contributed by atoms with Gasteiger partial charge in [0, 0.05) is 12.4 Å². The number of rotatable bonds is 9. The van der Waals surface area contributed by atoms with Crippen molar-refractivity contribution in [2.45, 2.75) is 36.8 Å². The van der Waals surface area contributed by atoms with Crippen molar-refractivity contribution in [2.75, 3.05) is 17.7 Å². The lowest BCUT2D eigenvalue weighted by Crippen LogP contribution is -2.18. The zero-order valence-electron chi connectivity index (χ0n) is 11.9. The fraction of sp³-hybridized carbons (Fsp3) is 0.571. The number of sulfone groups is 1. The van der Waals surface area contributed by atoms with Crippen molar-refractivity contribution in [2.24, 2.45) is 5.92 Å². The molecule has 1 N–H and O–H groups in total. The van der Waals surface area contributed by atoms with E-state index in [-0.39, 0.29) is 16.5 Å². The molecule has 0 saturated carbocycles. The number of anilines is 1. The first-order valence-electron chi connectivity index (χ1n) is 6.84. The Bertz CT molecular complexity index is 532. The molecule has 21 heavy (non-hydrogen) atoms. The van der Waals surface area contributed by atoms with Crippen molar-refractivity contribution in [3.05, 3.63) is 24.3 Å². The van der Waals surface area contributed by atoms with Crippen LogP contribution in [0, 0.1) is 5.92 Å². The van der Waals surface area contributed by atoms with Crippen LogP contribution in [-0.2, 0) is 9.84 Å². The summed E-state index contributed by atoms with van der Waals surface area (Å²) >= 11 is 5.74. The second-order valence-corrected chi connectivity index (χ2v) is 7.08. The lowest BCUT2D eigenvalue weighted by atomic mass is 10.0. The average molecular weight is 340 g/mol. The molecule has 7 heteroatoms. The molecule has 3 nitrogen and oxygen atoms in total. The van der Waals surface area contributed by atoms with Gasteiger partial charge in [-0.2, -0.15) is 8.78 Å². The van der Waals surface area contributed by atoms with Gasteiger partial charge in [0.2, 0.25) is 9.84 Å². The summed E-state index contributed by atoms with van der Waals surface area (Å²) in [5, 5.41) is 2.97. The number of benzene rings is 1. The Kier molecular flexibility index (Phi) is 7.39. The number of hydrogen-bond donors (Lipinski definition) is 1. The van der Waals surface area contributed by atoms with Crippen LogP contribution >= 0.6 is 11.6 Å². The van der Waals surface area contributed by atoms with Crippen molar-refractivity contribution < 1.29 is 17.2 Å². The van der Waals surface area contributed by atoms with E-state index < -0.39 is 15.6 Å². The predicted molar refractivity (Wildman–Crippen MR) is 81.9 cm³/mol. The highest BCUT2D eigenvalue weighted by molar-refractivity contribution is 7.91. The molecule has 0 radical (unpaired) electrons. The van der Waals surface area contributed by atoms with Gasteiger partial charge in [0.1, 0.15) is 0 Å². The Hall–Kier alpha value is -0.880. The van der Waals surface area contributed by atoms with E-state index in [1.165, 1.54) is 18.2 Å². The Morgan fingerprint density at radius 1 is 1.24 bits per heavy atom. The summed E-state index contributed by atoms with van der Waals surface area (Å²) in [6.07, 6.45) is 2.73. The third-order valence-corrected chi connectivity index (χ3v) is 4.88. The number of hydrogen-bond acceptors (Lipinski definition) is 3. The number of para-hydroxylation sites is 1. The molecule has 0 aromatic heterocycles. The van der Waals surface area contributed by atoms with E-state index in [1.54, 1.807) is 6.07 Å².